The molecule has 1 aromatic heterocycles. The number of carbonyl (C=O) groups excluding carboxylic acids is 1. The number of thiophene rings is 1. The zero-order valence-corrected chi connectivity index (χ0v) is 16.0. The molecule has 1 amide bonds. The Balaban J connectivity index is 2.05. The second-order valence-corrected chi connectivity index (χ2v) is 7.64. The molecule has 1 heterocycles. The quantitative estimate of drug-likeness (QED) is 0.782. The third-order valence-electron chi connectivity index (χ3n) is 4.09. The lowest BCUT2D eigenvalue weighted by Crippen LogP contribution is -2.37. The van der Waals surface area contributed by atoms with Gasteiger partial charge in [-0.15, -0.1) is 0 Å². The van der Waals surface area contributed by atoms with Crippen molar-refractivity contribution in [2.75, 3.05) is 25.9 Å². The van der Waals surface area contributed by atoms with Gasteiger partial charge in [0, 0.05) is 34.1 Å². The molecule has 2 rings (SSSR count). The zero-order valence-electron chi connectivity index (χ0n) is 14.3. The molecule has 6 heteroatoms. The third kappa shape index (κ3) is 4.75. The summed E-state index contributed by atoms with van der Waals surface area (Å²) >= 11 is 1.67. The van der Waals surface area contributed by atoms with Crippen LogP contribution >= 0.6 is 11.3 Å². The maximum absolute atomic E-state index is 12.4. The van der Waals surface area contributed by atoms with Gasteiger partial charge in [0.05, 0.1) is 6.04 Å². The van der Waals surface area contributed by atoms with Crippen LogP contribution in [0.25, 0.3) is 0 Å². The molecule has 4 nitrogen and oxygen atoms in total. The Morgan fingerprint density at radius 2 is 1.88 bits per heavy atom. The fraction of sp³-hybridized carbons (Fsp3) is 0.389. The molecule has 0 aliphatic rings. The Hall–Kier alpha value is -1.50. The Morgan fingerprint density at radius 3 is 2.38 bits per heavy atom. The molecular weight excluding hydrogens is 340 g/mol. The molecule has 1 N–H and O–H groups in total. The van der Waals surface area contributed by atoms with Gasteiger partial charge in [-0.1, -0.05) is 13.8 Å². The van der Waals surface area contributed by atoms with Gasteiger partial charge >= 0.3 is 0 Å². The standard InChI is InChI=1S/C18H24N2O2S2/c1-4-20(5-2)17(15-10-11-23-13-15)12-19-18(21)14-6-8-16(9-7-14)24(3)22/h6-11,13,17H,4-5,12H2,1-3H3,(H,19,21). The van der Waals surface area contributed by atoms with E-state index in [0.717, 1.165) is 18.0 Å². The zero-order chi connectivity index (χ0) is 17.5. The molecule has 0 bridgehead atoms. The van der Waals surface area contributed by atoms with Gasteiger partial charge in [-0.05, 0) is 59.7 Å². The molecule has 130 valence electrons. The minimum absolute atomic E-state index is 0.101. The third-order valence-corrected chi connectivity index (χ3v) is 5.72. The van der Waals surface area contributed by atoms with Crippen molar-refractivity contribution in [2.24, 2.45) is 0 Å². The van der Waals surface area contributed by atoms with Gasteiger partial charge in [0.15, 0.2) is 0 Å². The highest BCUT2D eigenvalue weighted by atomic mass is 32.2. The summed E-state index contributed by atoms with van der Waals surface area (Å²) in [6.07, 6.45) is 1.63. The number of rotatable bonds is 8. The van der Waals surface area contributed by atoms with Gasteiger partial charge in [-0.3, -0.25) is 13.9 Å². The van der Waals surface area contributed by atoms with Crippen molar-refractivity contribution in [2.45, 2.75) is 24.8 Å². The number of hydrogen-bond acceptors (Lipinski definition) is 4. The van der Waals surface area contributed by atoms with Crippen LogP contribution in [0.4, 0.5) is 0 Å². The summed E-state index contributed by atoms with van der Waals surface area (Å²) in [7, 11) is -1.03. The predicted molar refractivity (Wildman–Crippen MR) is 101 cm³/mol. The molecule has 2 unspecified atom stereocenters. The maximum Gasteiger partial charge on any atom is 0.251 e. The molecule has 0 spiro atoms. The minimum Gasteiger partial charge on any atom is -0.350 e. The van der Waals surface area contributed by atoms with Crippen molar-refractivity contribution in [3.8, 4) is 0 Å². The summed E-state index contributed by atoms with van der Waals surface area (Å²) in [5.74, 6) is -0.101. The Kier molecular flexibility index (Phi) is 7.15. The number of likely N-dealkylation sites (N-methyl/N-ethyl adjacent to an activating group) is 1. The van der Waals surface area contributed by atoms with E-state index in [1.807, 2.05) is 0 Å². The van der Waals surface area contributed by atoms with E-state index < -0.39 is 10.8 Å². The summed E-state index contributed by atoms with van der Waals surface area (Å²) in [6.45, 7) is 6.70. The molecular formula is C18H24N2O2S2. The van der Waals surface area contributed by atoms with E-state index in [9.17, 15) is 9.00 Å². The largest absolute Gasteiger partial charge is 0.350 e. The second kappa shape index (κ2) is 9.11. The van der Waals surface area contributed by atoms with Crippen LogP contribution in [-0.4, -0.2) is 40.9 Å². The fourth-order valence-corrected chi connectivity index (χ4v) is 3.90. The number of carbonyl (C=O) groups is 1. The van der Waals surface area contributed by atoms with Crippen LogP contribution in [0.5, 0.6) is 0 Å². The van der Waals surface area contributed by atoms with Crippen LogP contribution in [0, 0.1) is 0 Å². The molecule has 24 heavy (non-hydrogen) atoms. The maximum atomic E-state index is 12.4. The van der Waals surface area contributed by atoms with Gasteiger partial charge < -0.3 is 5.32 Å². The van der Waals surface area contributed by atoms with Crippen LogP contribution in [0.2, 0.25) is 0 Å². The lowest BCUT2D eigenvalue weighted by molar-refractivity contribution is 0.0935. The first kappa shape index (κ1) is 18.8. The number of nitrogens with zero attached hydrogens (tertiary/aromatic N) is 1. The van der Waals surface area contributed by atoms with Crippen LogP contribution in [0.3, 0.4) is 0 Å². The normalized spacial score (nSPS) is 13.7. The molecule has 0 fully saturated rings. The summed E-state index contributed by atoms with van der Waals surface area (Å²) in [5, 5.41) is 7.24. The fourth-order valence-electron chi connectivity index (χ4n) is 2.68. The topological polar surface area (TPSA) is 49.4 Å². The molecule has 2 atom stereocenters. The van der Waals surface area contributed by atoms with Crippen LogP contribution < -0.4 is 5.32 Å². The molecule has 0 saturated carbocycles. The van der Waals surface area contributed by atoms with Crippen molar-refractivity contribution < 1.29 is 9.00 Å². The van der Waals surface area contributed by atoms with Crippen LogP contribution in [0.1, 0.15) is 35.8 Å². The summed E-state index contributed by atoms with van der Waals surface area (Å²) in [4.78, 5) is 15.5. The lowest BCUT2D eigenvalue weighted by atomic mass is 10.1. The number of hydrogen-bond donors (Lipinski definition) is 1. The van der Waals surface area contributed by atoms with Crippen molar-refractivity contribution in [3.63, 3.8) is 0 Å². The molecule has 0 aliphatic heterocycles. The van der Waals surface area contributed by atoms with E-state index in [-0.39, 0.29) is 11.9 Å². The molecule has 1 aromatic carbocycles. The first-order chi connectivity index (χ1) is 11.6. The Labute approximate surface area is 150 Å². The summed E-state index contributed by atoms with van der Waals surface area (Å²) in [5.41, 5.74) is 1.83. The van der Waals surface area contributed by atoms with Gasteiger partial charge in [0.1, 0.15) is 0 Å². The van der Waals surface area contributed by atoms with Crippen molar-refractivity contribution in [3.05, 3.63) is 52.2 Å². The van der Waals surface area contributed by atoms with Gasteiger partial charge in [0.2, 0.25) is 0 Å². The van der Waals surface area contributed by atoms with Crippen molar-refractivity contribution >= 4 is 28.0 Å². The van der Waals surface area contributed by atoms with Crippen LogP contribution in [0.15, 0.2) is 46.0 Å². The predicted octanol–water partition coefficient (Wildman–Crippen LogP) is 3.30. The van der Waals surface area contributed by atoms with Gasteiger partial charge in [-0.25, -0.2) is 0 Å². The van der Waals surface area contributed by atoms with Gasteiger partial charge in [-0.2, -0.15) is 11.3 Å². The summed E-state index contributed by atoms with van der Waals surface area (Å²) < 4.78 is 11.4. The second-order valence-electron chi connectivity index (χ2n) is 5.48. The number of benzene rings is 1. The monoisotopic (exact) mass is 364 g/mol. The first-order valence-electron chi connectivity index (χ1n) is 8.04. The lowest BCUT2D eigenvalue weighted by Gasteiger charge is -2.29. The van der Waals surface area contributed by atoms with E-state index in [0.29, 0.717) is 12.1 Å². The average Bonchev–Trinajstić information content (AvgIpc) is 3.12. The van der Waals surface area contributed by atoms with E-state index in [1.165, 1.54) is 5.56 Å². The van der Waals surface area contributed by atoms with E-state index in [1.54, 1.807) is 41.9 Å². The number of amides is 1. The highest BCUT2D eigenvalue weighted by Crippen LogP contribution is 2.22. The minimum atomic E-state index is -1.03. The van der Waals surface area contributed by atoms with Crippen LogP contribution in [-0.2, 0) is 10.8 Å². The SMILES string of the molecule is CCN(CC)C(CNC(=O)c1ccc(S(C)=O)cc1)c1ccsc1. The molecule has 0 saturated heterocycles. The highest BCUT2D eigenvalue weighted by Gasteiger charge is 2.19. The molecule has 0 aliphatic carbocycles. The van der Waals surface area contributed by atoms with Gasteiger partial charge in [0.25, 0.3) is 5.91 Å². The van der Waals surface area contributed by atoms with Crippen molar-refractivity contribution in [1.29, 1.82) is 0 Å². The molecule has 0 radical (unpaired) electrons. The van der Waals surface area contributed by atoms with Crippen molar-refractivity contribution in [1.82, 2.24) is 10.2 Å². The Morgan fingerprint density at radius 1 is 1.21 bits per heavy atom. The van der Waals surface area contributed by atoms with E-state index in [4.69, 9.17) is 0 Å². The first-order valence-corrected chi connectivity index (χ1v) is 10.5. The smallest absolute Gasteiger partial charge is 0.251 e. The number of nitrogens with one attached hydrogen (secondary N) is 1. The summed E-state index contributed by atoms with van der Waals surface area (Å²) in [6, 6.07) is 9.23. The Bertz CT molecular complexity index is 665. The highest BCUT2D eigenvalue weighted by molar-refractivity contribution is 7.84. The van der Waals surface area contributed by atoms with E-state index >= 15 is 0 Å². The van der Waals surface area contributed by atoms with E-state index in [2.05, 4.69) is 40.9 Å². The average molecular weight is 365 g/mol. The molecule has 2 aromatic rings.